The molecule has 0 radical (unpaired) electrons. The fourth-order valence-electron chi connectivity index (χ4n) is 2.61. The highest BCUT2D eigenvalue weighted by Gasteiger charge is 2.35. The van der Waals surface area contributed by atoms with Gasteiger partial charge in [0.05, 0.1) is 18.8 Å². The highest BCUT2D eigenvalue weighted by atomic mass is 16.5. The molecule has 1 aliphatic carbocycles. The number of rotatable bonds is 5. The molecule has 1 saturated carbocycles. The van der Waals surface area contributed by atoms with Gasteiger partial charge in [-0.3, -0.25) is 4.79 Å². The molecule has 5 nitrogen and oxygen atoms in total. The average molecular weight is 252 g/mol. The summed E-state index contributed by atoms with van der Waals surface area (Å²) in [6, 6.07) is 2.23. The number of hydrogen-bond donors (Lipinski definition) is 1. The number of hydrogen-bond acceptors (Lipinski definition) is 4. The number of nitrogens with one attached hydrogen (secondary N) is 1. The zero-order valence-electron chi connectivity index (χ0n) is 10.6. The van der Waals surface area contributed by atoms with Crippen LogP contribution in [0.15, 0.2) is 0 Å². The molecule has 1 saturated heterocycles. The molecule has 100 valence electrons. The molecule has 0 aromatic rings. The third kappa shape index (κ3) is 3.44. The van der Waals surface area contributed by atoms with Crippen molar-refractivity contribution in [2.75, 3.05) is 19.8 Å². The summed E-state index contributed by atoms with van der Waals surface area (Å²) >= 11 is 0. The van der Waals surface area contributed by atoms with Crippen LogP contribution in [0.25, 0.3) is 0 Å². The molecule has 1 N–H and O–H groups in total. The van der Waals surface area contributed by atoms with E-state index < -0.39 is 5.54 Å². The summed E-state index contributed by atoms with van der Waals surface area (Å²) in [5.41, 5.74) is -0.649. The van der Waals surface area contributed by atoms with Crippen molar-refractivity contribution in [3.05, 3.63) is 0 Å². The van der Waals surface area contributed by atoms with Crippen molar-refractivity contribution in [3.63, 3.8) is 0 Å². The summed E-state index contributed by atoms with van der Waals surface area (Å²) in [5, 5.41) is 11.9. The van der Waals surface area contributed by atoms with Crippen LogP contribution in [0.5, 0.6) is 0 Å². The first-order chi connectivity index (χ1) is 8.74. The largest absolute Gasteiger partial charge is 0.376 e. The summed E-state index contributed by atoms with van der Waals surface area (Å²) in [7, 11) is 0. The quantitative estimate of drug-likeness (QED) is 0.796. The van der Waals surface area contributed by atoms with Crippen molar-refractivity contribution in [3.8, 4) is 6.07 Å². The second-order valence-corrected chi connectivity index (χ2v) is 5.10. The van der Waals surface area contributed by atoms with Crippen LogP contribution in [0.1, 0.15) is 38.5 Å². The summed E-state index contributed by atoms with van der Waals surface area (Å²) in [5.74, 6) is -0.198. The third-order valence-electron chi connectivity index (χ3n) is 3.61. The Morgan fingerprint density at radius 3 is 2.83 bits per heavy atom. The lowest BCUT2D eigenvalue weighted by atomic mass is 10.00. The Kier molecular flexibility index (Phi) is 4.56. The van der Waals surface area contributed by atoms with Crippen LogP contribution < -0.4 is 5.32 Å². The predicted molar refractivity (Wildman–Crippen MR) is 64.7 cm³/mol. The van der Waals surface area contributed by atoms with Gasteiger partial charge in [0.1, 0.15) is 12.1 Å². The van der Waals surface area contributed by atoms with Gasteiger partial charge in [0.15, 0.2) is 0 Å². The minimum atomic E-state index is -0.649. The molecule has 1 heterocycles. The highest BCUT2D eigenvalue weighted by Crippen LogP contribution is 2.28. The Morgan fingerprint density at radius 1 is 1.44 bits per heavy atom. The monoisotopic (exact) mass is 252 g/mol. The first-order valence-electron chi connectivity index (χ1n) is 6.66. The molecule has 18 heavy (non-hydrogen) atoms. The molecule has 0 aromatic carbocycles. The number of amides is 1. The van der Waals surface area contributed by atoms with Gasteiger partial charge in [0, 0.05) is 6.61 Å². The van der Waals surface area contributed by atoms with Gasteiger partial charge in [0.25, 0.3) is 0 Å². The van der Waals surface area contributed by atoms with Gasteiger partial charge in [-0.05, 0) is 38.5 Å². The smallest absolute Gasteiger partial charge is 0.247 e. The molecular weight excluding hydrogens is 232 g/mol. The van der Waals surface area contributed by atoms with Crippen LogP contribution in [0.3, 0.4) is 0 Å². The van der Waals surface area contributed by atoms with Crippen LogP contribution in [-0.4, -0.2) is 37.4 Å². The van der Waals surface area contributed by atoms with Gasteiger partial charge in [-0.2, -0.15) is 5.26 Å². The molecule has 1 unspecified atom stereocenters. The topological polar surface area (TPSA) is 71.4 Å². The molecule has 2 aliphatic rings. The van der Waals surface area contributed by atoms with E-state index in [1.165, 1.54) is 0 Å². The lowest BCUT2D eigenvalue weighted by Crippen LogP contribution is -2.46. The van der Waals surface area contributed by atoms with E-state index in [1.807, 2.05) is 0 Å². The van der Waals surface area contributed by atoms with Gasteiger partial charge in [-0.1, -0.05) is 0 Å². The Morgan fingerprint density at radius 2 is 2.22 bits per heavy atom. The molecular formula is C13H20N2O3. The molecule has 1 atom stereocenters. The number of ether oxygens (including phenoxy) is 2. The van der Waals surface area contributed by atoms with Crippen LogP contribution in [-0.2, 0) is 14.3 Å². The first kappa shape index (κ1) is 13.3. The predicted octanol–water partition coefficient (Wildman–Crippen LogP) is 1.13. The van der Waals surface area contributed by atoms with Crippen LogP contribution in [0.4, 0.5) is 0 Å². The fraction of sp³-hybridized carbons (Fsp3) is 0.846. The molecule has 0 bridgehead atoms. The maximum atomic E-state index is 11.7. The maximum Gasteiger partial charge on any atom is 0.247 e. The lowest BCUT2D eigenvalue weighted by molar-refractivity contribution is -0.128. The van der Waals surface area contributed by atoms with Crippen molar-refractivity contribution in [2.24, 2.45) is 0 Å². The molecule has 5 heteroatoms. The molecule has 2 rings (SSSR count). The van der Waals surface area contributed by atoms with E-state index in [1.54, 1.807) is 0 Å². The highest BCUT2D eigenvalue weighted by molar-refractivity contribution is 5.78. The van der Waals surface area contributed by atoms with E-state index in [4.69, 9.17) is 14.7 Å². The Bertz CT molecular complexity index is 326. The van der Waals surface area contributed by atoms with E-state index in [9.17, 15) is 4.79 Å². The number of carbonyl (C=O) groups excluding carboxylic acids is 1. The van der Waals surface area contributed by atoms with Gasteiger partial charge in [-0.15, -0.1) is 0 Å². The summed E-state index contributed by atoms with van der Waals surface area (Å²) in [6.45, 7) is 1.27. The average Bonchev–Trinajstić information content (AvgIpc) is 3.01. The normalized spacial score (nSPS) is 25.8. The van der Waals surface area contributed by atoms with Gasteiger partial charge >= 0.3 is 0 Å². The Labute approximate surface area is 107 Å². The fourth-order valence-corrected chi connectivity index (χ4v) is 2.61. The first-order valence-corrected chi connectivity index (χ1v) is 6.66. The van der Waals surface area contributed by atoms with Crippen molar-refractivity contribution < 1.29 is 14.3 Å². The second-order valence-electron chi connectivity index (χ2n) is 5.10. The Balaban J connectivity index is 1.66. The van der Waals surface area contributed by atoms with Gasteiger partial charge < -0.3 is 14.8 Å². The van der Waals surface area contributed by atoms with E-state index in [0.29, 0.717) is 6.61 Å². The summed E-state index contributed by atoms with van der Waals surface area (Å²) < 4.78 is 10.7. The van der Waals surface area contributed by atoms with Crippen molar-refractivity contribution in [1.29, 1.82) is 5.26 Å². The van der Waals surface area contributed by atoms with Gasteiger partial charge in [0.2, 0.25) is 5.91 Å². The van der Waals surface area contributed by atoms with Crippen molar-refractivity contribution >= 4 is 5.91 Å². The van der Waals surface area contributed by atoms with Crippen molar-refractivity contribution in [1.82, 2.24) is 5.32 Å². The molecule has 1 amide bonds. The number of carbonyl (C=O) groups is 1. The van der Waals surface area contributed by atoms with E-state index in [2.05, 4.69) is 11.4 Å². The van der Waals surface area contributed by atoms with Crippen molar-refractivity contribution in [2.45, 2.75) is 50.2 Å². The molecule has 0 spiro atoms. The van der Waals surface area contributed by atoms with Gasteiger partial charge in [-0.25, -0.2) is 0 Å². The van der Waals surface area contributed by atoms with E-state index in [0.717, 1.165) is 45.1 Å². The van der Waals surface area contributed by atoms with Crippen LogP contribution in [0.2, 0.25) is 0 Å². The van der Waals surface area contributed by atoms with Crippen LogP contribution in [0, 0.1) is 11.3 Å². The van der Waals surface area contributed by atoms with E-state index in [-0.39, 0.29) is 18.6 Å². The maximum absolute atomic E-state index is 11.7. The summed E-state index contributed by atoms with van der Waals surface area (Å²) in [6.07, 6.45) is 5.72. The molecule has 2 fully saturated rings. The second kappa shape index (κ2) is 6.17. The minimum Gasteiger partial charge on any atom is -0.376 e. The van der Waals surface area contributed by atoms with Crippen LogP contribution >= 0.6 is 0 Å². The SMILES string of the molecule is N#CC1(NC(=O)COCC2CCCO2)CCCC1. The zero-order valence-corrected chi connectivity index (χ0v) is 10.6. The number of nitrogens with zero attached hydrogens (tertiary/aromatic N) is 1. The number of nitriles is 1. The standard InChI is InChI=1S/C13H20N2O3/c14-10-13(5-1-2-6-13)15-12(16)9-17-8-11-4-3-7-18-11/h11H,1-9H2,(H,15,16). The third-order valence-corrected chi connectivity index (χ3v) is 3.61. The molecule has 0 aromatic heterocycles. The van der Waals surface area contributed by atoms with E-state index >= 15 is 0 Å². The molecule has 1 aliphatic heterocycles. The zero-order chi connectivity index (χ0) is 12.8. The Hall–Kier alpha value is -1.12. The minimum absolute atomic E-state index is 0.0172. The lowest BCUT2D eigenvalue weighted by Gasteiger charge is -2.22. The summed E-state index contributed by atoms with van der Waals surface area (Å²) in [4.78, 5) is 11.7.